The molecule has 0 saturated heterocycles. The highest BCUT2D eigenvalue weighted by Crippen LogP contribution is 2.21. The third-order valence-corrected chi connectivity index (χ3v) is 3.66. The lowest BCUT2D eigenvalue weighted by Gasteiger charge is -2.08. The van der Waals surface area contributed by atoms with Gasteiger partial charge in [-0.25, -0.2) is 9.97 Å². The maximum absolute atomic E-state index is 12.5. The summed E-state index contributed by atoms with van der Waals surface area (Å²) >= 11 is 0. The van der Waals surface area contributed by atoms with Gasteiger partial charge in [0.05, 0.1) is 16.8 Å². The maximum Gasteiger partial charge on any atom is 0.257 e. The number of hydrogen-bond donors (Lipinski definition) is 1. The first-order valence-electron chi connectivity index (χ1n) is 7.41. The predicted molar refractivity (Wildman–Crippen MR) is 91.1 cm³/mol. The second-order valence-electron chi connectivity index (χ2n) is 5.21. The Hall–Kier alpha value is -3.54. The van der Waals surface area contributed by atoms with Crippen LogP contribution in [0.4, 0.5) is 5.69 Å². The topological polar surface area (TPSA) is 72.7 Å². The molecular formula is C18H13N5O. The smallest absolute Gasteiger partial charge is 0.257 e. The van der Waals surface area contributed by atoms with Crippen molar-refractivity contribution in [3.8, 4) is 5.82 Å². The van der Waals surface area contributed by atoms with E-state index in [9.17, 15) is 4.79 Å². The van der Waals surface area contributed by atoms with Crippen LogP contribution in [0, 0.1) is 0 Å². The fraction of sp³-hybridized carbons (Fsp3) is 0. The summed E-state index contributed by atoms with van der Waals surface area (Å²) < 4.78 is 1.77. The standard InChI is InChI=1S/C18H13N5O/c24-18(14-6-7-16(21-11-14)23-10-9-19-12-23)22-15-5-1-3-13-4-2-8-20-17(13)15/h1-12H,(H,22,24). The monoisotopic (exact) mass is 315 g/mol. The average Bonchev–Trinajstić information content (AvgIpc) is 3.17. The lowest BCUT2D eigenvalue weighted by molar-refractivity contribution is 0.102. The van der Waals surface area contributed by atoms with Crippen LogP contribution in [0.15, 0.2) is 73.6 Å². The molecule has 0 saturated carbocycles. The van der Waals surface area contributed by atoms with E-state index in [1.54, 1.807) is 47.8 Å². The second kappa shape index (κ2) is 5.92. The van der Waals surface area contributed by atoms with Crippen molar-refractivity contribution in [2.75, 3.05) is 5.32 Å². The third kappa shape index (κ3) is 2.61. The van der Waals surface area contributed by atoms with Crippen molar-refractivity contribution >= 4 is 22.5 Å². The zero-order valence-electron chi connectivity index (χ0n) is 12.6. The van der Waals surface area contributed by atoms with Gasteiger partial charge in [-0.1, -0.05) is 18.2 Å². The van der Waals surface area contributed by atoms with Crippen LogP contribution in [0.5, 0.6) is 0 Å². The normalized spacial score (nSPS) is 10.7. The summed E-state index contributed by atoms with van der Waals surface area (Å²) in [6.07, 6.45) is 8.38. The Morgan fingerprint density at radius 2 is 1.92 bits per heavy atom. The number of aromatic nitrogens is 4. The highest BCUT2D eigenvalue weighted by Gasteiger charge is 2.10. The van der Waals surface area contributed by atoms with Crippen molar-refractivity contribution in [2.24, 2.45) is 0 Å². The summed E-state index contributed by atoms with van der Waals surface area (Å²) in [4.78, 5) is 25.1. The first-order chi connectivity index (χ1) is 11.8. The molecule has 3 heterocycles. The van der Waals surface area contributed by atoms with Gasteiger partial charge >= 0.3 is 0 Å². The number of nitrogens with one attached hydrogen (secondary N) is 1. The molecule has 1 amide bonds. The van der Waals surface area contributed by atoms with Crippen LogP contribution in [-0.2, 0) is 0 Å². The van der Waals surface area contributed by atoms with E-state index < -0.39 is 0 Å². The van der Waals surface area contributed by atoms with E-state index in [0.717, 1.165) is 10.9 Å². The van der Waals surface area contributed by atoms with Gasteiger partial charge < -0.3 is 5.32 Å². The molecule has 0 aliphatic rings. The van der Waals surface area contributed by atoms with Gasteiger partial charge in [0.2, 0.25) is 0 Å². The molecule has 24 heavy (non-hydrogen) atoms. The number of carbonyl (C=O) groups excluding carboxylic acids is 1. The maximum atomic E-state index is 12.5. The zero-order chi connectivity index (χ0) is 16.4. The first-order valence-corrected chi connectivity index (χ1v) is 7.41. The molecule has 6 nitrogen and oxygen atoms in total. The van der Waals surface area contributed by atoms with Crippen LogP contribution in [-0.4, -0.2) is 25.4 Å². The van der Waals surface area contributed by atoms with E-state index >= 15 is 0 Å². The van der Waals surface area contributed by atoms with E-state index in [-0.39, 0.29) is 5.91 Å². The van der Waals surface area contributed by atoms with Crippen molar-refractivity contribution in [3.63, 3.8) is 0 Å². The summed E-state index contributed by atoms with van der Waals surface area (Å²) in [5.41, 5.74) is 1.92. The van der Waals surface area contributed by atoms with Gasteiger partial charge in [-0.15, -0.1) is 0 Å². The van der Waals surface area contributed by atoms with E-state index in [0.29, 0.717) is 17.1 Å². The Balaban J connectivity index is 1.60. The molecule has 0 aliphatic heterocycles. The van der Waals surface area contributed by atoms with Crippen LogP contribution in [0.25, 0.3) is 16.7 Å². The van der Waals surface area contributed by atoms with Crippen molar-refractivity contribution in [3.05, 3.63) is 79.1 Å². The van der Waals surface area contributed by atoms with Gasteiger partial charge in [0.1, 0.15) is 12.1 Å². The molecule has 3 aromatic heterocycles. The minimum atomic E-state index is -0.224. The van der Waals surface area contributed by atoms with Crippen molar-refractivity contribution in [1.29, 1.82) is 0 Å². The van der Waals surface area contributed by atoms with Crippen LogP contribution >= 0.6 is 0 Å². The number of benzene rings is 1. The summed E-state index contributed by atoms with van der Waals surface area (Å²) in [5, 5.41) is 3.87. The number of pyridine rings is 2. The molecule has 0 fully saturated rings. The number of hydrogen-bond acceptors (Lipinski definition) is 4. The minimum absolute atomic E-state index is 0.224. The molecule has 4 aromatic rings. The Bertz CT molecular complexity index is 988. The Kier molecular flexibility index (Phi) is 3.47. The number of imidazole rings is 1. The molecule has 1 aromatic carbocycles. The summed E-state index contributed by atoms with van der Waals surface area (Å²) in [5.74, 6) is 0.480. The number of anilines is 1. The quantitative estimate of drug-likeness (QED) is 0.630. The van der Waals surface area contributed by atoms with Gasteiger partial charge in [-0.05, 0) is 24.3 Å². The molecule has 4 rings (SSSR count). The van der Waals surface area contributed by atoms with Crippen molar-refractivity contribution in [1.82, 2.24) is 19.5 Å². The second-order valence-corrected chi connectivity index (χ2v) is 5.21. The van der Waals surface area contributed by atoms with E-state index in [4.69, 9.17) is 0 Å². The fourth-order valence-corrected chi connectivity index (χ4v) is 2.47. The molecule has 1 N–H and O–H groups in total. The van der Waals surface area contributed by atoms with Crippen LogP contribution in [0.2, 0.25) is 0 Å². The van der Waals surface area contributed by atoms with E-state index in [2.05, 4.69) is 20.3 Å². The number of para-hydroxylation sites is 1. The predicted octanol–water partition coefficient (Wildman–Crippen LogP) is 3.07. The molecule has 116 valence electrons. The number of fused-ring (bicyclic) bond motifs is 1. The zero-order valence-corrected chi connectivity index (χ0v) is 12.6. The molecule has 0 spiro atoms. The van der Waals surface area contributed by atoms with Crippen molar-refractivity contribution in [2.45, 2.75) is 0 Å². The highest BCUT2D eigenvalue weighted by atomic mass is 16.1. The number of amides is 1. The summed E-state index contributed by atoms with van der Waals surface area (Å²) in [7, 11) is 0. The van der Waals surface area contributed by atoms with Gasteiger partial charge in [0.15, 0.2) is 0 Å². The van der Waals surface area contributed by atoms with Gasteiger partial charge in [-0.2, -0.15) is 0 Å². The Labute approximate surface area is 137 Å². The van der Waals surface area contributed by atoms with Crippen LogP contribution < -0.4 is 5.32 Å². The molecule has 0 aliphatic carbocycles. The van der Waals surface area contributed by atoms with Gasteiger partial charge in [-0.3, -0.25) is 14.3 Å². The number of carbonyl (C=O) groups is 1. The highest BCUT2D eigenvalue weighted by molar-refractivity contribution is 6.08. The lowest BCUT2D eigenvalue weighted by Crippen LogP contribution is -2.13. The average molecular weight is 315 g/mol. The Morgan fingerprint density at radius 3 is 2.71 bits per heavy atom. The van der Waals surface area contributed by atoms with E-state index in [1.165, 1.54) is 0 Å². The van der Waals surface area contributed by atoms with Gasteiger partial charge in [0.25, 0.3) is 5.91 Å². The molecule has 0 unspecified atom stereocenters. The summed E-state index contributed by atoms with van der Waals surface area (Å²) in [6.45, 7) is 0. The molecule has 6 heteroatoms. The minimum Gasteiger partial charge on any atom is -0.320 e. The van der Waals surface area contributed by atoms with Crippen LogP contribution in [0.1, 0.15) is 10.4 Å². The van der Waals surface area contributed by atoms with Crippen molar-refractivity contribution < 1.29 is 4.79 Å². The first kappa shape index (κ1) is 14.1. The molecular weight excluding hydrogens is 302 g/mol. The molecule has 0 bridgehead atoms. The Morgan fingerprint density at radius 1 is 1.00 bits per heavy atom. The van der Waals surface area contributed by atoms with Crippen LogP contribution in [0.3, 0.4) is 0 Å². The fourth-order valence-electron chi connectivity index (χ4n) is 2.47. The molecule has 0 atom stereocenters. The third-order valence-electron chi connectivity index (χ3n) is 3.66. The van der Waals surface area contributed by atoms with E-state index in [1.807, 2.05) is 30.3 Å². The lowest BCUT2D eigenvalue weighted by atomic mass is 10.2. The largest absolute Gasteiger partial charge is 0.320 e. The summed E-state index contributed by atoms with van der Waals surface area (Å²) in [6, 6.07) is 13.0. The number of rotatable bonds is 3. The molecule has 0 radical (unpaired) electrons. The SMILES string of the molecule is O=C(Nc1cccc2cccnc12)c1ccc(-n2ccnc2)nc1. The number of nitrogens with zero attached hydrogens (tertiary/aromatic N) is 4. The van der Waals surface area contributed by atoms with Gasteiger partial charge in [0, 0.05) is 30.2 Å².